The number of ether oxygens (including phenoxy) is 2. The average molecular weight is 421 g/mol. The topological polar surface area (TPSA) is 128 Å². The van der Waals surface area contributed by atoms with Crippen molar-refractivity contribution in [3.8, 4) is 0 Å². The van der Waals surface area contributed by atoms with Gasteiger partial charge in [-0.2, -0.15) is 0 Å². The van der Waals surface area contributed by atoms with Gasteiger partial charge in [-0.05, 0) is 32.3 Å². The molecule has 30 heavy (non-hydrogen) atoms. The molecule has 1 fully saturated rings. The van der Waals surface area contributed by atoms with Crippen LogP contribution in [0.1, 0.15) is 32.6 Å². The van der Waals surface area contributed by atoms with Crippen molar-refractivity contribution in [3.05, 3.63) is 34.4 Å². The van der Waals surface area contributed by atoms with Crippen LogP contribution in [0.4, 0.5) is 11.4 Å². The molecule has 10 heteroatoms. The molecule has 0 atom stereocenters. The van der Waals surface area contributed by atoms with Gasteiger partial charge in [-0.15, -0.1) is 0 Å². The van der Waals surface area contributed by atoms with Crippen LogP contribution < -0.4 is 5.32 Å². The standard InChI is InChI=1S/C20H27N3O7/c1-2-29-20(26)15-9-12-22(13-10-15)18(24)14-30-19(25)8-5-11-21-16-6-3-4-7-17(16)23(27)28/h3-4,6-7,15,21H,2,5,8-14H2,1H3. The summed E-state index contributed by atoms with van der Waals surface area (Å²) in [6.45, 7) is 2.98. The van der Waals surface area contributed by atoms with Crippen LogP contribution in [0.2, 0.25) is 0 Å². The van der Waals surface area contributed by atoms with E-state index in [-0.39, 0.29) is 36.5 Å². The van der Waals surface area contributed by atoms with Gasteiger partial charge in [0.05, 0.1) is 17.4 Å². The Hall–Kier alpha value is -3.17. The van der Waals surface area contributed by atoms with E-state index in [0.717, 1.165) is 0 Å². The summed E-state index contributed by atoms with van der Waals surface area (Å²) in [6, 6.07) is 6.26. The van der Waals surface area contributed by atoms with Crippen molar-refractivity contribution in [2.45, 2.75) is 32.6 Å². The third-order valence-corrected chi connectivity index (χ3v) is 4.80. The lowest BCUT2D eigenvalue weighted by Gasteiger charge is -2.30. The van der Waals surface area contributed by atoms with Gasteiger partial charge >= 0.3 is 11.9 Å². The summed E-state index contributed by atoms with van der Waals surface area (Å²) in [7, 11) is 0. The molecule has 0 saturated carbocycles. The third kappa shape index (κ3) is 7.02. The normalized spacial score (nSPS) is 14.1. The van der Waals surface area contributed by atoms with Gasteiger partial charge in [0.25, 0.3) is 11.6 Å². The molecule has 0 spiro atoms. The van der Waals surface area contributed by atoms with E-state index in [9.17, 15) is 24.5 Å². The lowest BCUT2D eigenvalue weighted by atomic mass is 9.97. The number of nitro groups is 1. The number of amides is 1. The summed E-state index contributed by atoms with van der Waals surface area (Å²) in [5, 5.41) is 13.9. The fourth-order valence-electron chi connectivity index (χ4n) is 3.17. The van der Waals surface area contributed by atoms with Gasteiger partial charge in [-0.1, -0.05) is 12.1 Å². The molecule has 1 N–H and O–H groups in total. The number of esters is 2. The molecular weight excluding hydrogens is 394 g/mol. The van der Waals surface area contributed by atoms with Gasteiger partial charge in [0.2, 0.25) is 0 Å². The minimum absolute atomic E-state index is 0.0302. The van der Waals surface area contributed by atoms with E-state index in [4.69, 9.17) is 9.47 Å². The number of piperidine rings is 1. The Kier molecular flexibility index (Phi) is 9.04. The van der Waals surface area contributed by atoms with Crippen molar-refractivity contribution in [3.63, 3.8) is 0 Å². The number of anilines is 1. The Bertz CT molecular complexity index is 761. The largest absolute Gasteiger partial charge is 0.466 e. The maximum atomic E-state index is 12.2. The highest BCUT2D eigenvalue weighted by atomic mass is 16.6. The molecule has 1 aliphatic rings. The molecule has 10 nitrogen and oxygen atoms in total. The molecule has 1 aliphatic heterocycles. The Morgan fingerprint density at radius 1 is 1.20 bits per heavy atom. The summed E-state index contributed by atoms with van der Waals surface area (Å²) in [5.74, 6) is -1.22. The van der Waals surface area contributed by atoms with E-state index in [1.165, 1.54) is 6.07 Å². The number of hydrogen-bond donors (Lipinski definition) is 1. The van der Waals surface area contributed by atoms with Crippen LogP contribution in [0, 0.1) is 16.0 Å². The van der Waals surface area contributed by atoms with Crippen molar-refractivity contribution >= 4 is 29.2 Å². The molecule has 0 radical (unpaired) electrons. The molecule has 1 heterocycles. The van der Waals surface area contributed by atoms with Crippen LogP contribution >= 0.6 is 0 Å². The quantitative estimate of drug-likeness (QED) is 0.263. The van der Waals surface area contributed by atoms with Crippen molar-refractivity contribution < 1.29 is 28.8 Å². The molecule has 1 amide bonds. The van der Waals surface area contributed by atoms with E-state index in [1.807, 2.05) is 0 Å². The zero-order valence-corrected chi connectivity index (χ0v) is 17.0. The number of nitrogens with one attached hydrogen (secondary N) is 1. The van der Waals surface area contributed by atoms with Gasteiger partial charge in [0, 0.05) is 32.1 Å². The lowest BCUT2D eigenvalue weighted by molar-refractivity contribution is -0.384. The van der Waals surface area contributed by atoms with E-state index in [2.05, 4.69) is 5.32 Å². The van der Waals surface area contributed by atoms with Crippen LogP contribution in [0.5, 0.6) is 0 Å². The highest BCUT2D eigenvalue weighted by Gasteiger charge is 2.28. The maximum Gasteiger partial charge on any atom is 0.309 e. The number of benzene rings is 1. The lowest BCUT2D eigenvalue weighted by Crippen LogP contribution is -2.42. The van der Waals surface area contributed by atoms with E-state index in [1.54, 1.807) is 30.0 Å². The van der Waals surface area contributed by atoms with Crippen molar-refractivity contribution in [1.82, 2.24) is 4.90 Å². The number of hydrogen-bond acceptors (Lipinski definition) is 8. The first-order valence-corrected chi connectivity index (χ1v) is 9.99. The monoisotopic (exact) mass is 421 g/mol. The summed E-state index contributed by atoms with van der Waals surface area (Å²) >= 11 is 0. The second-order valence-corrected chi connectivity index (χ2v) is 6.87. The number of likely N-dealkylation sites (tertiary alicyclic amines) is 1. The number of nitrogens with zero attached hydrogens (tertiary/aromatic N) is 2. The number of carbonyl (C=O) groups is 3. The van der Waals surface area contributed by atoms with Crippen molar-refractivity contribution in [1.29, 1.82) is 0 Å². The third-order valence-electron chi connectivity index (χ3n) is 4.80. The van der Waals surface area contributed by atoms with E-state index >= 15 is 0 Å². The predicted molar refractivity (Wildman–Crippen MR) is 108 cm³/mol. The molecular formula is C20H27N3O7. The molecule has 0 aliphatic carbocycles. The molecule has 1 aromatic carbocycles. The molecule has 0 aromatic heterocycles. The van der Waals surface area contributed by atoms with E-state index < -0.39 is 10.9 Å². The van der Waals surface area contributed by atoms with Crippen molar-refractivity contribution in [2.24, 2.45) is 5.92 Å². The highest BCUT2D eigenvalue weighted by molar-refractivity contribution is 5.81. The molecule has 0 bridgehead atoms. The zero-order chi connectivity index (χ0) is 21.9. The number of carbonyl (C=O) groups excluding carboxylic acids is 3. The Morgan fingerprint density at radius 3 is 2.57 bits per heavy atom. The number of rotatable bonds is 10. The fourth-order valence-corrected chi connectivity index (χ4v) is 3.17. The Labute approximate surface area is 174 Å². The van der Waals surface area contributed by atoms with Crippen LogP contribution in [-0.4, -0.2) is 60.5 Å². The molecule has 2 rings (SSSR count). The van der Waals surface area contributed by atoms with Crippen molar-refractivity contribution in [2.75, 3.05) is 38.2 Å². The van der Waals surface area contributed by atoms with Crippen LogP contribution in [-0.2, 0) is 23.9 Å². The van der Waals surface area contributed by atoms with Gasteiger partial charge in [0.1, 0.15) is 5.69 Å². The Morgan fingerprint density at radius 2 is 1.90 bits per heavy atom. The minimum atomic E-state index is -0.505. The summed E-state index contributed by atoms with van der Waals surface area (Å²) in [4.78, 5) is 47.8. The first kappa shape index (κ1) is 23.1. The van der Waals surface area contributed by atoms with Crippen LogP contribution in [0.3, 0.4) is 0 Å². The summed E-state index contributed by atoms with van der Waals surface area (Å²) in [6.07, 6.45) is 1.57. The summed E-state index contributed by atoms with van der Waals surface area (Å²) < 4.78 is 10.0. The molecule has 164 valence electrons. The molecule has 1 aromatic rings. The predicted octanol–water partition coefficient (Wildman–Crippen LogP) is 2.13. The van der Waals surface area contributed by atoms with Gasteiger partial charge in [0.15, 0.2) is 6.61 Å². The smallest absolute Gasteiger partial charge is 0.309 e. The zero-order valence-electron chi connectivity index (χ0n) is 17.0. The minimum Gasteiger partial charge on any atom is -0.466 e. The second-order valence-electron chi connectivity index (χ2n) is 6.87. The van der Waals surface area contributed by atoms with E-state index in [0.29, 0.717) is 51.2 Å². The number of para-hydroxylation sites is 2. The van der Waals surface area contributed by atoms with Gasteiger partial charge in [-0.25, -0.2) is 0 Å². The fraction of sp³-hybridized carbons (Fsp3) is 0.550. The average Bonchev–Trinajstić information content (AvgIpc) is 2.75. The number of nitro benzene ring substituents is 1. The van der Waals surface area contributed by atoms with Crippen LogP contribution in [0.15, 0.2) is 24.3 Å². The highest BCUT2D eigenvalue weighted by Crippen LogP contribution is 2.23. The van der Waals surface area contributed by atoms with Gasteiger partial charge < -0.3 is 19.7 Å². The Balaban J connectivity index is 1.63. The second kappa shape index (κ2) is 11.7. The maximum absolute atomic E-state index is 12.2. The SMILES string of the molecule is CCOC(=O)C1CCN(C(=O)COC(=O)CCCNc2ccccc2[N+](=O)[O-])CC1. The van der Waals surface area contributed by atoms with Crippen LogP contribution in [0.25, 0.3) is 0 Å². The first-order valence-electron chi connectivity index (χ1n) is 9.99. The molecule has 1 saturated heterocycles. The molecule has 0 unspecified atom stereocenters. The first-order chi connectivity index (χ1) is 14.4. The summed E-state index contributed by atoms with van der Waals surface area (Å²) in [5.41, 5.74) is 0.356. The van der Waals surface area contributed by atoms with Gasteiger partial charge in [-0.3, -0.25) is 24.5 Å².